The minimum Gasteiger partial charge on any atom is -0.448 e. The zero-order valence-corrected chi connectivity index (χ0v) is 15.7. The number of hydrogen-bond donors (Lipinski definition) is 1. The van der Waals surface area contributed by atoms with Crippen molar-refractivity contribution in [2.75, 3.05) is 5.32 Å². The van der Waals surface area contributed by atoms with Crippen molar-refractivity contribution >= 4 is 28.9 Å². The lowest BCUT2D eigenvalue weighted by molar-refractivity contribution is -0.123. The standard InChI is InChI=1S/C17H23N3O3S/c1-7-13-8-14(24-12(13)5)17(22)23-11(4)16(21)18-15-9(2)19-20(6)10(15)3/h8,11H,7H2,1-6H3,(H,18,21)/t11-/m0/s1. The lowest BCUT2D eigenvalue weighted by atomic mass is 10.2. The van der Waals surface area contributed by atoms with Crippen molar-refractivity contribution in [3.63, 3.8) is 0 Å². The van der Waals surface area contributed by atoms with Gasteiger partial charge in [0.1, 0.15) is 4.88 Å². The van der Waals surface area contributed by atoms with Crippen LogP contribution in [0, 0.1) is 20.8 Å². The summed E-state index contributed by atoms with van der Waals surface area (Å²) < 4.78 is 7.00. The van der Waals surface area contributed by atoms with Crippen LogP contribution in [0.3, 0.4) is 0 Å². The molecule has 0 fully saturated rings. The molecule has 0 radical (unpaired) electrons. The highest BCUT2D eigenvalue weighted by atomic mass is 32.1. The van der Waals surface area contributed by atoms with Crippen LogP contribution in [0.4, 0.5) is 5.69 Å². The van der Waals surface area contributed by atoms with E-state index in [1.165, 1.54) is 11.3 Å². The van der Waals surface area contributed by atoms with E-state index in [2.05, 4.69) is 10.4 Å². The fourth-order valence-electron chi connectivity index (χ4n) is 2.42. The first-order chi connectivity index (χ1) is 11.2. The van der Waals surface area contributed by atoms with E-state index in [0.717, 1.165) is 28.2 Å². The van der Waals surface area contributed by atoms with Gasteiger partial charge in [0.05, 0.1) is 17.1 Å². The first-order valence-corrected chi connectivity index (χ1v) is 8.67. The molecule has 0 aliphatic rings. The van der Waals surface area contributed by atoms with Gasteiger partial charge in [-0.25, -0.2) is 4.79 Å². The fourth-order valence-corrected chi connectivity index (χ4v) is 3.42. The Bertz CT molecular complexity index is 776. The number of hydrogen-bond acceptors (Lipinski definition) is 5. The van der Waals surface area contributed by atoms with E-state index in [1.54, 1.807) is 11.6 Å². The molecule has 0 bridgehead atoms. The summed E-state index contributed by atoms with van der Waals surface area (Å²) in [7, 11) is 1.81. The predicted octanol–water partition coefficient (Wildman–Crippen LogP) is 3.15. The van der Waals surface area contributed by atoms with Crippen molar-refractivity contribution in [3.05, 3.63) is 32.8 Å². The van der Waals surface area contributed by atoms with Crippen molar-refractivity contribution in [2.24, 2.45) is 7.05 Å². The van der Waals surface area contributed by atoms with Gasteiger partial charge in [0.2, 0.25) is 0 Å². The lowest BCUT2D eigenvalue weighted by Gasteiger charge is -2.13. The second-order valence-electron chi connectivity index (χ2n) is 5.75. The summed E-state index contributed by atoms with van der Waals surface area (Å²) in [6, 6.07) is 1.84. The third kappa shape index (κ3) is 3.67. The van der Waals surface area contributed by atoms with Crippen LogP contribution < -0.4 is 5.32 Å². The minimum absolute atomic E-state index is 0.369. The highest BCUT2D eigenvalue weighted by Gasteiger charge is 2.22. The summed E-state index contributed by atoms with van der Waals surface area (Å²) in [6.45, 7) is 9.27. The summed E-state index contributed by atoms with van der Waals surface area (Å²) in [5.41, 5.74) is 3.36. The maximum Gasteiger partial charge on any atom is 0.349 e. The molecule has 0 aliphatic carbocycles. The molecule has 0 aliphatic heterocycles. The number of nitrogens with zero attached hydrogens (tertiary/aromatic N) is 2. The number of amides is 1. The van der Waals surface area contributed by atoms with Gasteiger partial charge in [-0.15, -0.1) is 11.3 Å². The van der Waals surface area contributed by atoms with Gasteiger partial charge in [-0.05, 0) is 45.7 Å². The van der Waals surface area contributed by atoms with Gasteiger partial charge in [-0.2, -0.15) is 5.10 Å². The number of nitrogens with one attached hydrogen (secondary N) is 1. The van der Waals surface area contributed by atoms with Crippen LogP contribution in [0.25, 0.3) is 0 Å². The predicted molar refractivity (Wildman–Crippen MR) is 94.6 cm³/mol. The molecule has 6 nitrogen and oxygen atoms in total. The lowest BCUT2D eigenvalue weighted by Crippen LogP contribution is -2.30. The van der Waals surface area contributed by atoms with Gasteiger partial charge in [0.25, 0.3) is 5.91 Å². The Morgan fingerprint density at radius 3 is 2.54 bits per heavy atom. The van der Waals surface area contributed by atoms with Crippen molar-refractivity contribution in [2.45, 2.75) is 47.1 Å². The average Bonchev–Trinajstić information content (AvgIpc) is 3.02. The highest BCUT2D eigenvalue weighted by Crippen LogP contribution is 2.23. The summed E-state index contributed by atoms with van der Waals surface area (Å²) in [6.07, 6.45) is -0.0189. The Hall–Kier alpha value is -2.15. The van der Waals surface area contributed by atoms with Crippen LogP contribution in [0.15, 0.2) is 6.07 Å². The molecule has 1 N–H and O–H groups in total. The minimum atomic E-state index is -0.885. The van der Waals surface area contributed by atoms with E-state index in [1.807, 2.05) is 40.8 Å². The van der Waals surface area contributed by atoms with E-state index in [9.17, 15) is 9.59 Å². The van der Waals surface area contributed by atoms with Gasteiger partial charge < -0.3 is 10.1 Å². The molecule has 24 heavy (non-hydrogen) atoms. The Kier molecular flexibility index (Phi) is 5.43. The van der Waals surface area contributed by atoms with E-state index >= 15 is 0 Å². The Labute approximate surface area is 145 Å². The van der Waals surface area contributed by atoms with Gasteiger partial charge in [0.15, 0.2) is 6.10 Å². The third-order valence-electron chi connectivity index (χ3n) is 4.01. The number of aryl methyl sites for hydroxylation is 4. The zero-order chi connectivity index (χ0) is 18.0. The number of thiophene rings is 1. The number of esters is 1. The maximum absolute atomic E-state index is 12.3. The molecule has 7 heteroatoms. The van der Waals surface area contributed by atoms with Gasteiger partial charge >= 0.3 is 5.97 Å². The van der Waals surface area contributed by atoms with E-state index in [4.69, 9.17) is 4.74 Å². The molecule has 0 saturated carbocycles. The van der Waals surface area contributed by atoms with Crippen LogP contribution in [-0.2, 0) is 23.0 Å². The van der Waals surface area contributed by atoms with Crippen LogP contribution in [0.1, 0.15) is 45.3 Å². The number of anilines is 1. The molecule has 1 atom stereocenters. The van der Waals surface area contributed by atoms with Crippen molar-refractivity contribution in [3.8, 4) is 0 Å². The molecular formula is C17H23N3O3S. The van der Waals surface area contributed by atoms with Crippen molar-refractivity contribution in [1.29, 1.82) is 0 Å². The monoisotopic (exact) mass is 349 g/mol. The molecule has 2 aromatic heterocycles. The molecule has 0 saturated heterocycles. The van der Waals surface area contributed by atoms with Crippen LogP contribution in [0.5, 0.6) is 0 Å². The SMILES string of the molecule is CCc1cc(C(=O)O[C@@H](C)C(=O)Nc2c(C)nn(C)c2C)sc1C. The number of carbonyl (C=O) groups is 2. The highest BCUT2D eigenvalue weighted by molar-refractivity contribution is 7.14. The van der Waals surface area contributed by atoms with E-state index in [0.29, 0.717) is 10.6 Å². The number of aromatic nitrogens is 2. The second-order valence-corrected chi connectivity index (χ2v) is 7.01. The Morgan fingerprint density at radius 1 is 1.38 bits per heavy atom. The number of rotatable bonds is 5. The van der Waals surface area contributed by atoms with Gasteiger partial charge in [0, 0.05) is 11.9 Å². The summed E-state index contributed by atoms with van der Waals surface area (Å²) in [5, 5.41) is 7.04. The Morgan fingerprint density at radius 2 is 2.04 bits per heavy atom. The molecule has 2 aromatic rings. The van der Waals surface area contributed by atoms with Crippen molar-refractivity contribution in [1.82, 2.24) is 9.78 Å². The van der Waals surface area contributed by atoms with E-state index < -0.39 is 12.1 Å². The molecule has 2 rings (SSSR count). The van der Waals surface area contributed by atoms with Crippen LogP contribution >= 0.6 is 11.3 Å². The summed E-state index contributed by atoms with van der Waals surface area (Å²) in [5.74, 6) is -0.836. The molecule has 1 amide bonds. The molecule has 130 valence electrons. The zero-order valence-electron chi connectivity index (χ0n) is 14.9. The third-order valence-corrected chi connectivity index (χ3v) is 5.09. The summed E-state index contributed by atoms with van der Waals surface area (Å²) >= 11 is 1.39. The first-order valence-electron chi connectivity index (χ1n) is 7.85. The van der Waals surface area contributed by atoms with Crippen LogP contribution in [-0.4, -0.2) is 27.8 Å². The normalized spacial score (nSPS) is 12.1. The number of carbonyl (C=O) groups excluding carboxylic acids is 2. The van der Waals surface area contributed by atoms with Crippen molar-refractivity contribution < 1.29 is 14.3 Å². The first kappa shape index (κ1) is 18.2. The molecule has 0 aromatic carbocycles. The molecule has 0 unspecified atom stereocenters. The van der Waals surface area contributed by atoms with Crippen LogP contribution in [0.2, 0.25) is 0 Å². The Balaban J connectivity index is 2.04. The smallest absolute Gasteiger partial charge is 0.349 e. The van der Waals surface area contributed by atoms with Gasteiger partial charge in [-0.1, -0.05) is 6.92 Å². The average molecular weight is 349 g/mol. The quantitative estimate of drug-likeness (QED) is 0.842. The summed E-state index contributed by atoms with van der Waals surface area (Å²) in [4.78, 5) is 26.1. The largest absolute Gasteiger partial charge is 0.448 e. The molecular weight excluding hydrogens is 326 g/mol. The van der Waals surface area contributed by atoms with Gasteiger partial charge in [-0.3, -0.25) is 9.48 Å². The fraction of sp³-hybridized carbons (Fsp3) is 0.471. The van der Waals surface area contributed by atoms with E-state index in [-0.39, 0.29) is 5.91 Å². The number of ether oxygens (including phenoxy) is 1. The topological polar surface area (TPSA) is 73.2 Å². The second kappa shape index (κ2) is 7.17. The molecule has 0 spiro atoms. The maximum atomic E-state index is 12.3. The molecule has 2 heterocycles.